The van der Waals surface area contributed by atoms with Gasteiger partial charge in [-0.15, -0.1) is 0 Å². The Balaban J connectivity index is 1.41. The summed E-state index contributed by atoms with van der Waals surface area (Å²) in [5.41, 5.74) is 1.10. The number of hydrogen-bond donors (Lipinski definition) is 1. The topological polar surface area (TPSA) is 97.7 Å². The molecule has 2 aromatic rings. The monoisotopic (exact) mass is 497 g/mol. The maximum absolute atomic E-state index is 13.7. The lowest BCUT2D eigenvalue weighted by atomic mass is 9.64. The van der Waals surface area contributed by atoms with Gasteiger partial charge in [-0.25, -0.2) is 9.18 Å². The van der Waals surface area contributed by atoms with Crippen LogP contribution in [0.2, 0.25) is 0 Å². The van der Waals surface area contributed by atoms with Crippen molar-refractivity contribution in [3.05, 3.63) is 53.1 Å². The van der Waals surface area contributed by atoms with Gasteiger partial charge >= 0.3 is 12.0 Å². The molecule has 1 aliphatic carbocycles. The third kappa shape index (κ3) is 4.79. The Labute approximate surface area is 209 Å². The third-order valence-corrected chi connectivity index (χ3v) is 7.07. The zero-order chi connectivity index (χ0) is 26.4. The lowest BCUT2D eigenvalue weighted by Gasteiger charge is -2.43. The van der Waals surface area contributed by atoms with Gasteiger partial charge in [0.1, 0.15) is 17.9 Å². The van der Waals surface area contributed by atoms with Crippen LogP contribution < -0.4 is 5.32 Å². The lowest BCUT2D eigenvalue weighted by Crippen LogP contribution is -2.54. The Kier molecular flexibility index (Phi) is 6.53. The van der Waals surface area contributed by atoms with E-state index in [0.717, 1.165) is 17.0 Å². The van der Waals surface area contributed by atoms with Crippen LogP contribution >= 0.6 is 0 Å². The number of ether oxygens (including phenoxy) is 1. The van der Waals surface area contributed by atoms with Gasteiger partial charge in [-0.1, -0.05) is 26.8 Å². The van der Waals surface area contributed by atoms with E-state index < -0.39 is 48.2 Å². The van der Waals surface area contributed by atoms with E-state index >= 15 is 0 Å². The van der Waals surface area contributed by atoms with Gasteiger partial charge in [0.15, 0.2) is 6.61 Å². The molecule has 1 saturated carbocycles. The van der Waals surface area contributed by atoms with Crippen molar-refractivity contribution in [1.82, 2.24) is 14.8 Å². The number of carbonyl (C=O) groups excluding carboxylic acids is 4. The van der Waals surface area contributed by atoms with Gasteiger partial charge in [0, 0.05) is 22.6 Å². The number of aromatic nitrogens is 1. The summed E-state index contributed by atoms with van der Waals surface area (Å²) in [7, 11) is 0. The third-order valence-electron chi connectivity index (χ3n) is 7.07. The summed E-state index contributed by atoms with van der Waals surface area (Å²) in [5.74, 6) is -1.85. The summed E-state index contributed by atoms with van der Waals surface area (Å²) < 4.78 is 20.6. The maximum atomic E-state index is 13.7. The van der Waals surface area contributed by atoms with E-state index in [1.165, 1.54) is 12.1 Å². The van der Waals surface area contributed by atoms with Crippen molar-refractivity contribution >= 4 is 23.7 Å². The molecule has 8 nitrogen and oxygen atoms in total. The number of hydrogen-bond acceptors (Lipinski definition) is 5. The molecule has 4 rings (SSSR count). The lowest BCUT2D eigenvalue weighted by molar-refractivity contribution is -0.147. The molecule has 2 aliphatic rings. The molecule has 2 atom stereocenters. The van der Waals surface area contributed by atoms with Crippen molar-refractivity contribution in [2.24, 2.45) is 11.3 Å². The Bertz CT molecular complexity index is 1250. The Hall–Kier alpha value is -3.49. The fraction of sp³-hybridized carbons (Fsp3) is 0.481. The highest BCUT2D eigenvalue weighted by molar-refractivity contribution is 6.09. The average Bonchev–Trinajstić information content (AvgIpc) is 3.17. The summed E-state index contributed by atoms with van der Waals surface area (Å²) in [5, 5.41) is 2.82. The van der Waals surface area contributed by atoms with Gasteiger partial charge < -0.3 is 14.6 Å². The summed E-state index contributed by atoms with van der Waals surface area (Å²) in [6.07, 6.45) is 1.97. The molecule has 1 aromatic heterocycles. The van der Waals surface area contributed by atoms with Crippen LogP contribution in [-0.2, 0) is 14.3 Å². The number of amides is 3. The number of nitrogens with zero attached hydrogens (tertiary/aromatic N) is 2. The molecule has 1 spiro atoms. The van der Waals surface area contributed by atoms with E-state index in [4.69, 9.17) is 4.74 Å². The largest absolute Gasteiger partial charge is 0.456 e. The van der Waals surface area contributed by atoms with Gasteiger partial charge in [-0.2, -0.15) is 0 Å². The maximum Gasteiger partial charge on any atom is 0.326 e. The molecule has 9 heteroatoms. The van der Waals surface area contributed by atoms with Gasteiger partial charge in [-0.3, -0.25) is 19.3 Å². The highest BCUT2D eigenvalue weighted by Crippen LogP contribution is 2.46. The normalized spacial score (nSPS) is 23.2. The minimum Gasteiger partial charge on any atom is -0.456 e. The number of benzene rings is 1. The fourth-order valence-electron chi connectivity index (χ4n) is 6.11. The van der Waals surface area contributed by atoms with Crippen LogP contribution in [0.25, 0.3) is 5.69 Å². The van der Waals surface area contributed by atoms with Crippen molar-refractivity contribution in [2.45, 2.75) is 59.4 Å². The van der Waals surface area contributed by atoms with Crippen LogP contribution in [-0.4, -0.2) is 51.8 Å². The van der Waals surface area contributed by atoms with E-state index in [2.05, 4.69) is 26.1 Å². The zero-order valence-corrected chi connectivity index (χ0v) is 21.3. The van der Waals surface area contributed by atoms with E-state index in [9.17, 15) is 23.6 Å². The fourth-order valence-corrected chi connectivity index (χ4v) is 6.11. The van der Waals surface area contributed by atoms with Crippen molar-refractivity contribution in [3.63, 3.8) is 0 Å². The Morgan fingerprint density at radius 1 is 1.17 bits per heavy atom. The molecule has 36 heavy (non-hydrogen) atoms. The minimum atomic E-state index is -1.01. The van der Waals surface area contributed by atoms with E-state index in [0.29, 0.717) is 29.8 Å². The van der Waals surface area contributed by atoms with Crippen molar-refractivity contribution < 1.29 is 28.3 Å². The minimum absolute atomic E-state index is 0.124. The number of imide groups is 1. The van der Waals surface area contributed by atoms with Crippen molar-refractivity contribution in [2.75, 3.05) is 13.2 Å². The highest BCUT2D eigenvalue weighted by Gasteiger charge is 2.56. The molecule has 1 aromatic carbocycles. The number of rotatable bonds is 6. The molecule has 3 amide bonds. The molecular weight excluding hydrogens is 465 g/mol. The molecule has 2 unspecified atom stereocenters. The van der Waals surface area contributed by atoms with Crippen LogP contribution in [0.5, 0.6) is 0 Å². The Morgan fingerprint density at radius 2 is 1.89 bits per heavy atom. The second kappa shape index (κ2) is 9.19. The predicted molar refractivity (Wildman–Crippen MR) is 130 cm³/mol. The molecule has 0 radical (unpaired) electrons. The number of Topliss-reactive ketones (excluding diaryl/α,β-unsaturated/α-hetero) is 1. The summed E-state index contributed by atoms with van der Waals surface area (Å²) >= 11 is 0. The first-order chi connectivity index (χ1) is 16.8. The van der Waals surface area contributed by atoms with Crippen LogP contribution in [0.15, 0.2) is 30.3 Å². The van der Waals surface area contributed by atoms with Crippen LogP contribution in [0.3, 0.4) is 0 Å². The standard InChI is InChI=1S/C27H32FN3O5/c1-16-11-26(4,5)15-27(12-16)24(34)30(25(35)29-27)13-23(33)36-14-22(32)21-9-17(2)31(18(21)3)20-8-6-7-19(28)10-20/h6-10,16H,11-15H2,1-5H3,(H,29,35). The second-order valence-electron chi connectivity index (χ2n) is 10.9. The predicted octanol–water partition coefficient (Wildman–Crippen LogP) is 4.10. The molecule has 0 bridgehead atoms. The molecule has 1 N–H and O–H groups in total. The number of urea groups is 1. The van der Waals surface area contributed by atoms with Gasteiger partial charge in [0.25, 0.3) is 5.91 Å². The number of carbonyl (C=O) groups is 4. The van der Waals surface area contributed by atoms with Crippen molar-refractivity contribution in [3.8, 4) is 5.69 Å². The Morgan fingerprint density at radius 3 is 2.56 bits per heavy atom. The van der Waals surface area contributed by atoms with E-state index in [1.807, 2.05) is 0 Å². The van der Waals surface area contributed by atoms with Crippen LogP contribution in [0.1, 0.15) is 61.8 Å². The molecule has 2 fully saturated rings. The van der Waals surface area contributed by atoms with E-state index in [-0.39, 0.29) is 11.3 Å². The summed E-state index contributed by atoms with van der Waals surface area (Å²) in [4.78, 5) is 52.0. The molecule has 1 aliphatic heterocycles. The first kappa shape index (κ1) is 25.6. The molecule has 1 saturated heterocycles. The summed E-state index contributed by atoms with van der Waals surface area (Å²) in [6, 6.07) is 7.06. The average molecular weight is 498 g/mol. The van der Waals surface area contributed by atoms with Crippen LogP contribution in [0.4, 0.5) is 9.18 Å². The number of ketones is 1. The van der Waals surface area contributed by atoms with Crippen molar-refractivity contribution in [1.29, 1.82) is 0 Å². The van der Waals surface area contributed by atoms with Gasteiger partial charge in [0.2, 0.25) is 5.78 Å². The van der Waals surface area contributed by atoms with Gasteiger partial charge in [-0.05, 0) is 68.7 Å². The molecular formula is C27H32FN3O5. The summed E-state index contributed by atoms with van der Waals surface area (Å²) in [6.45, 7) is 8.61. The van der Waals surface area contributed by atoms with E-state index in [1.54, 1.807) is 36.6 Å². The molecule has 2 heterocycles. The highest BCUT2D eigenvalue weighted by atomic mass is 19.1. The molecule has 192 valence electrons. The van der Waals surface area contributed by atoms with Gasteiger partial charge in [0.05, 0.1) is 0 Å². The first-order valence-corrected chi connectivity index (χ1v) is 12.1. The number of nitrogens with one attached hydrogen (secondary N) is 1. The first-order valence-electron chi connectivity index (χ1n) is 12.1. The SMILES string of the molecule is Cc1cc(C(=O)COC(=O)CN2C(=O)NC3(CC(C)CC(C)(C)C3)C2=O)c(C)n1-c1cccc(F)c1. The number of esters is 1. The number of aryl methyl sites for hydroxylation is 1. The quantitative estimate of drug-likeness (QED) is 0.368. The number of halogens is 1. The smallest absolute Gasteiger partial charge is 0.326 e. The second-order valence-corrected chi connectivity index (χ2v) is 10.9. The van der Waals surface area contributed by atoms with Crippen LogP contribution in [0, 0.1) is 31.0 Å². The zero-order valence-electron chi connectivity index (χ0n) is 21.3.